The largest absolute Gasteiger partial charge is 0.619 e. The summed E-state index contributed by atoms with van der Waals surface area (Å²) in [5.41, 5.74) is 0.768. The first kappa shape index (κ1) is 7.72. The summed E-state index contributed by atoms with van der Waals surface area (Å²) in [5.74, 6) is 1.01. The van der Waals surface area contributed by atoms with Gasteiger partial charge in [-0.2, -0.15) is 9.71 Å². The number of rotatable bonds is 1. The molecule has 0 saturated heterocycles. The highest BCUT2D eigenvalue weighted by Gasteiger charge is 2.05. The van der Waals surface area contributed by atoms with Crippen LogP contribution < -0.4 is 4.73 Å². The van der Waals surface area contributed by atoms with Crippen LogP contribution in [0.15, 0.2) is 29.0 Å². The molecule has 0 bridgehead atoms. The first-order valence-corrected chi connectivity index (χ1v) is 3.75. The first-order chi connectivity index (χ1) is 6.25. The fourth-order valence-electron chi connectivity index (χ4n) is 0.978. The molecule has 0 spiro atoms. The van der Waals surface area contributed by atoms with E-state index in [1.165, 1.54) is 12.4 Å². The summed E-state index contributed by atoms with van der Waals surface area (Å²) in [6.45, 7) is 1.72. The lowest BCUT2D eigenvalue weighted by atomic mass is 10.2. The van der Waals surface area contributed by atoms with Gasteiger partial charge in [0, 0.05) is 24.6 Å². The van der Waals surface area contributed by atoms with Gasteiger partial charge in [0.2, 0.25) is 11.7 Å². The molecule has 0 aliphatic rings. The maximum atomic E-state index is 10.7. The highest BCUT2D eigenvalue weighted by molar-refractivity contribution is 5.51. The Balaban J connectivity index is 2.41. The van der Waals surface area contributed by atoms with Crippen molar-refractivity contribution in [1.29, 1.82) is 0 Å². The summed E-state index contributed by atoms with van der Waals surface area (Å²) in [4.78, 5) is 4.02. The van der Waals surface area contributed by atoms with Crippen LogP contribution in [0.1, 0.15) is 5.89 Å². The fraction of sp³-hybridized carbons (Fsp3) is 0.125. The quantitative estimate of drug-likeness (QED) is 0.474. The van der Waals surface area contributed by atoms with Gasteiger partial charge in [-0.25, -0.2) is 0 Å². The second-order valence-corrected chi connectivity index (χ2v) is 2.58. The molecule has 0 saturated carbocycles. The molecule has 5 nitrogen and oxygen atoms in total. The van der Waals surface area contributed by atoms with E-state index in [2.05, 4.69) is 10.1 Å². The lowest BCUT2D eigenvalue weighted by Gasteiger charge is -1.94. The third-order valence-corrected chi connectivity index (χ3v) is 1.59. The standard InChI is InChI=1S/C8H7N3O2/c1-6-9-8(10-13-6)7-2-4-11(12)5-3-7/h2-5H,1H3. The summed E-state index contributed by atoms with van der Waals surface area (Å²) < 4.78 is 5.51. The van der Waals surface area contributed by atoms with Gasteiger partial charge in [0.25, 0.3) is 0 Å². The zero-order valence-electron chi connectivity index (χ0n) is 6.97. The van der Waals surface area contributed by atoms with E-state index in [1.807, 2.05) is 0 Å². The van der Waals surface area contributed by atoms with Gasteiger partial charge in [-0.15, -0.1) is 0 Å². The molecule has 0 fully saturated rings. The molecular formula is C8H7N3O2. The molecule has 0 radical (unpaired) electrons. The molecule has 0 aromatic carbocycles. The van der Waals surface area contributed by atoms with Crippen molar-refractivity contribution in [1.82, 2.24) is 10.1 Å². The van der Waals surface area contributed by atoms with Crippen LogP contribution in [-0.2, 0) is 0 Å². The molecule has 0 aliphatic carbocycles. The zero-order chi connectivity index (χ0) is 9.26. The number of hydrogen-bond acceptors (Lipinski definition) is 4. The monoisotopic (exact) mass is 177 g/mol. The van der Waals surface area contributed by atoms with E-state index >= 15 is 0 Å². The molecule has 0 aliphatic heterocycles. The molecule has 2 heterocycles. The van der Waals surface area contributed by atoms with Crippen molar-refractivity contribution >= 4 is 0 Å². The molecule has 2 aromatic rings. The number of nitrogens with zero attached hydrogens (tertiary/aromatic N) is 3. The second-order valence-electron chi connectivity index (χ2n) is 2.58. The van der Waals surface area contributed by atoms with Crippen LogP contribution in [-0.4, -0.2) is 10.1 Å². The Morgan fingerprint density at radius 1 is 1.38 bits per heavy atom. The average Bonchev–Trinajstić information content (AvgIpc) is 2.53. The van der Waals surface area contributed by atoms with E-state index in [0.29, 0.717) is 16.4 Å². The third kappa shape index (κ3) is 1.48. The van der Waals surface area contributed by atoms with E-state index in [-0.39, 0.29) is 0 Å². The van der Waals surface area contributed by atoms with Crippen LogP contribution in [0.4, 0.5) is 0 Å². The highest BCUT2D eigenvalue weighted by Crippen LogP contribution is 2.12. The second kappa shape index (κ2) is 2.85. The fourth-order valence-corrected chi connectivity index (χ4v) is 0.978. The summed E-state index contributed by atoms with van der Waals surface area (Å²) in [7, 11) is 0. The SMILES string of the molecule is Cc1nc(-c2cc[n+]([O-])cc2)no1. The van der Waals surface area contributed by atoms with Gasteiger partial charge in [0.15, 0.2) is 12.4 Å². The summed E-state index contributed by atoms with van der Waals surface area (Å²) in [6.07, 6.45) is 2.78. The Labute approximate surface area is 74.2 Å². The Morgan fingerprint density at radius 2 is 2.08 bits per heavy atom. The molecule has 0 unspecified atom stereocenters. The Hall–Kier alpha value is -1.91. The molecule has 66 valence electrons. The molecular weight excluding hydrogens is 170 g/mol. The number of pyridine rings is 1. The van der Waals surface area contributed by atoms with Crippen LogP contribution in [0.2, 0.25) is 0 Å². The van der Waals surface area contributed by atoms with Crippen LogP contribution in [0, 0.1) is 12.1 Å². The van der Waals surface area contributed by atoms with Crippen LogP contribution in [0.25, 0.3) is 11.4 Å². The maximum Gasteiger partial charge on any atom is 0.223 e. The van der Waals surface area contributed by atoms with Gasteiger partial charge in [0.1, 0.15) is 0 Å². The van der Waals surface area contributed by atoms with Gasteiger partial charge in [-0.3, -0.25) is 0 Å². The van der Waals surface area contributed by atoms with Gasteiger partial charge in [0.05, 0.1) is 0 Å². The number of aryl methyl sites for hydroxylation is 1. The summed E-state index contributed by atoms with van der Waals surface area (Å²) >= 11 is 0. The Kier molecular flexibility index (Phi) is 1.70. The van der Waals surface area contributed by atoms with Gasteiger partial charge >= 0.3 is 0 Å². The van der Waals surface area contributed by atoms with Gasteiger partial charge in [-0.1, -0.05) is 5.16 Å². The minimum atomic E-state index is 0.498. The Morgan fingerprint density at radius 3 is 2.62 bits per heavy atom. The van der Waals surface area contributed by atoms with Crippen molar-refractivity contribution in [3.8, 4) is 11.4 Å². The van der Waals surface area contributed by atoms with Crippen molar-refractivity contribution in [2.45, 2.75) is 6.92 Å². The molecule has 5 heteroatoms. The number of aromatic nitrogens is 3. The summed E-state index contributed by atoms with van der Waals surface area (Å²) in [5, 5.41) is 14.4. The topological polar surface area (TPSA) is 65.9 Å². The predicted octanol–water partition coefficient (Wildman–Crippen LogP) is 0.678. The summed E-state index contributed by atoms with van der Waals surface area (Å²) in [6, 6.07) is 3.27. The van der Waals surface area contributed by atoms with Crippen molar-refractivity contribution in [3.63, 3.8) is 0 Å². The van der Waals surface area contributed by atoms with Crippen molar-refractivity contribution in [2.24, 2.45) is 0 Å². The molecule has 0 N–H and O–H groups in total. The average molecular weight is 177 g/mol. The van der Waals surface area contributed by atoms with Crippen LogP contribution >= 0.6 is 0 Å². The van der Waals surface area contributed by atoms with E-state index in [0.717, 1.165) is 5.56 Å². The van der Waals surface area contributed by atoms with Crippen LogP contribution in [0.3, 0.4) is 0 Å². The third-order valence-electron chi connectivity index (χ3n) is 1.59. The zero-order valence-corrected chi connectivity index (χ0v) is 6.97. The lowest BCUT2D eigenvalue weighted by Crippen LogP contribution is -2.23. The van der Waals surface area contributed by atoms with E-state index in [4.69, 9.17) is 4.52 Å². The lowest BCUT2D eigenvalue weighted by molar-refractivity contribution is -0.605. The van der Waals surface area contributed by atoms with E-state index < -0.39 is 0 Å². The maximum absolute atomic E-state index is 10.7. The molecule has 0 atom stereocenters. The molecule has 2 aromatic heterocycles. The van der Waals surface area contributed by atoms with E-state index in [1.54, 1.807) is 19.1 Å². The van der Waals surface area contributed by atoms with Crippen molar-refractivity contribution in [3.05, 3.63) is 35.6 Å². The number of hydrogen-bond donors (Lipinski definition) is 0. The molecule has 13 heavy (non-hydrogen) atoms. The predicted molar refractivity (Wildman–Crippen MR) is 43.4 cm³/mol. The Bertz CT molecular complexity index is 408. The normalized spacial score (nSPS) is 10.2. The van der Waals surface area contributed by atoms with E-state index in [9.17, 15) is 5.21 Å². The van der Waals surface area contributed by atoms with Crippen LogP contribution in [0.5, 0.6) is 0 Å². The first-order valence-electron chi connectivity index (χ1n) is 3.75. The minimum absolute atomic E-state index is 0.498. The van der Waals surface area contributed by atoms with Crippen molar-refractivity contribution < 1.29 is 9.25 Å². The van der Waals surface area contributed by atoms with Crippen molar-refractivity contribution in [2.75, 3.05) is 0 Å². The van der Waals surface area contributed by atoms with Gasteiger partial charge < -0.3 is 9.73 Å². The van der Waals surface area contributed by atoms with Gasteiger partial charge in [-0.05, 0) is 0 Å². The molecule has 0 amide bonds. The molecule has 2 rings (SSSR count). The minimum Gasteiger partial charge on any atom is -0.619 e. The smallest absolute Gasteiger partial charge is 0.223 e. The highest BCUT2D eigenvalue weighted by atomic mass is 16.5.